The highest BCUT2D eigenvalue weighted by Gasteiger charge is 2.23. The van der Waals surface area contributed by atoms with Crippen LogP contribution in [0.2, 0.25) is 0 Å². The molecule has 4 nitrogen and oxygen atoms in total. The molecule has 2 rings (SSSR count). The van der Waals surface area contributed by atoms with Gasteiger partial charge in [-0.15, -0.1) is 0 Å². The van der Waals surface area contributed by atoms with Gasteiger partial charge in [0.25, 0.3) is 10.0 Å². The van der Waals surface area contributed by atoms with Crippen LogP contribution in [0.1, 0.15) is 0 Å². The molecule has 0 aliphatic heterocycles. The van der Waals surface area contributed by atoms with Crippen LogP contribution in [0.25, 0.3) is 0 Å². The molecule has 0 bridgehead atoms. The molecular formula is C12H11BrN2O2S. The minimum atomic E-state index is -3.56. The number of nitrogens with zero attached hydrogens (tertiary/aromatic N) is 2. The first-order chi connectivity index (χ1) is 8.53. The van der Waals surface area contributed by atoms with Crippen molar-refractivity contribution in [3.63, 3.8) is 0 Å². The van der Waals surface area contributed by atoms with Gasteiger partial charge in [0.05, 0.1) is 5.69 Å². The summed E-state index contributed by atoms with van der Waals surface area (Å²) in [6.45, 7) is 0. The lowest BCUT2D eigenvalue weighted by atomic mass is 10.4. The Balaban J connectivity index is 2.48. The fraction of sp³-hybridized carbons (Fsp3) is 0.0833. The molecule has 0 saturated heterocycles. The molecule has 18 heavy (non-hydrogen) atoms. The van der Waals surface area contributed by atoms with Crippen LogP contribution in [0.3, 0.4) is 0 Å². The molecular weight excluding hydrogens is 316 g/mol. The number of halogens is 1. The molecule has 0 unspecified atom stereocenters. The quantitative estimate of drug-likeness (QED) is 0.871. The van der Waals surface area contributed by atoms with Gasteiger partial charge in [0.15, 0.2) is 0 Å². The van der Waals surface area contributed by atoms with Crippen molar-refractivity contribution in [3.05, 3.63) is 53.3 Å². The van der Waals surface area contributed by atoms with Gasteiger partial charge in [0, 0.05) is 23.9 Å². The average Bonchev–Trinajstić information content (AvgIpc) is 2.39. The zero-order valence-electron chi connectivity index (χ0n) is 9.62. The van der Waals surface area contributed by atoms with Gasteiger partial charge in [-0.1, -0.05) is 12.1 Å². The summed E-state index contributed by atoms with van der Waals surface area (Å²) in [6, 6.07) is 10.0. The first-order valence-electron chi connectivity index (χ1n) is 5.17. The second kappa shape index (κ2) is 5.07. The first kappa shape index (κ1) is 13.0. The third-order valence-corrected chi connectivity index (χ3v) is 5.30. The van der Waals surface area contributed by atoms with E-state index in [9.17, 15) is 8.42 Å². The highest BCUT2D eigenvalue weighted by atomic mass is 79.9. The molecule has 1 heterocycles. The summed E-state index contributed by atoms with van der Waals surface area (Å²) in [7, 11) is -2.05. The molecule has 1 aromatic heterocycles. The van der Waals surface area contributed by atoms with Crippen LogP contribution in [-0.2, 0) is 10.0 Å². The zero-order chi connectivity index (χ0) is 13.2. The van der Waals surface area contributed by atoms with E-state index >= 15 is 0 Å². The molecule has 94 valence electrons. The highest BCUT2D eigenvalue weighted by molar-refractivity contribution is 9.10. The predicted molar refractivity (Wildman–Crippen MR) is 74.0 cm³/mol. The number of pyridine rings is 1. The molecule has 0 atom stereocenters. The van der Waals surface area contributed by atoms with Crippen molar-refractivity contribution in [3.8, 4) is 0 Å². The second-order valence-electron chi connectivity index (χ2n) is 3.61. The van der Waals surface area contributed by atoms with Gasteiger partial charge in [0.1, 0.15) is 4.90 Å². The van der Waals surface area contributed by atoms with E-state index in [-0.39, 0.29) is 4.90 Å². The van der Waals surface area contributed by atoms with Crippen LogP contribution in [0.5, 0.6) is 0 Å². The third-order valence-electron chi connectivity index (χ3n) is 2.50. The first-order valence-corrected chi connectivity index (χ1v) is 7.40. The van der Waals surface area contributed by atoms with E-state index < -0.39 is 10.0 Å². The van der Waals surface area contributed by atoms with E-state index in [1.807, 2.05) is 0 Å². The van der Waals surface area contributed by atoms with E-state index in [1.165, 1.54) is 11.4 Å². The molecule has 0 aliphatic carbocycles. The third kappa shape index (κ3) is 2.39. The van der Waals surface area contributed by atoms with Gasteiger partial charge in [-0.05, 0) is 40.2 Å². The molecule has 0 radical (unpaired) electrons. The molecule has 1 aromatic carbocycles. The number of hydrogen-bond donors (Lipinski definition) is 0. The van der Waals surface area contributed by atoms with Gasteiger partial charge in [-0.2, -0.15) is 0 Å². The number of anilines is 1. The van der Waals surface area contributed by atoms with E-state index in [0.29, 0.717) is 10.2 Å². The summed E-state index contributed by atoms with van der Waals surface area (Å²) in [4.78, 5) is 4.11. The van der Waals surface area contributed by atoms with Gasteiger partial charge < -0.3 is 0 Å². The number of benzene rings is 1. The normalized spacial score (nSPS) is 11.2. The van der Waals surface area contributed by atoms with Crippen molar-refractivity contribution in [1.29, 1.82) is 0 Å². The fourth-order valence-electron chi connectivity index (χ4n) is 1.49. The molecule has 2 aromatic rings. The molecule has 0 saturated carbocycles. The lowest BCUT2D eigenvalue weighted by Gasteiger charge is -2.19. The Labute approximate surface area is 114 Å². The maximum atomic E-state index is 12.4. The molecule has 0 fully saturated rings. The van der Waals surface area contributed by atoms with Crippen molar-refractivity contribution >= 4 is 31.6 Å². The molecule has 6 heteroatoms. The molecule has 0 N–H and O–H groups in total. The predicted octanol–water partition coefficient (Wildman–Crippen LogP) is 2.67. The topological polar surface area (TPSA) is 50.3 Å². The highest BCUT2D eigenvalue weighted by Crippen LogP contribution is 2.26. The maximum absolute atomic E-state index is 12.4. The number of aromatic nitrogens is 1. The fourth-order valence-corrected chi connectivity index (χ4v) is 3.65. The molecule has 0 spiro atoms. The summed E-state index contributed by atoms with van der Waals surface area (Å²) in [5.74, 6) is 0. The monoisotopic (exact) mass is 326 g/mol. The number of sulfonamides is 1. The SMILES string of the molecule is CN(c1ccncc1)S(=O)(=O)c1ccccc1Br. The van der Waals surface area contributed by atoms with Crippen LogP contribution < -0.4 is 4.31 Å². The van der Waals surface area contributed by atoms with Gasteiger partial charge >= 0.3 is 0 Å². The standard InChI is InChI=1S/C12H11BrN2O2S/c1-15(10-6-8-14-9-7-10)18(16,17)12-5-3-2-4-11(12)13/h2-9H,1H3. The van der Waals surface area contributed by atoms with Crippen molar-refractivity contribution in [1.82, 2.24) is 4.98 Å². The van der Waals surface area contributed by atoms with Crippen LogP contribution in [0.4, 0.5) is 5.69 Å². The zero-order valence-corrected chi connectivity index (χ0v) is 12.0. The van der Waals surface area contributed by atoms with Crippen LogP contribution in [-0.4, -0.2) is 20.4 Å². The van der Waals surface area contributed by atoms with E-state index in [0.717, 1.165) is 0 Å². The largest absolute Gasteiger partial charge is 0.269 e. The van der Waals surface area contributed by atoms with Crippen LogP contribution in [0, 0.1) is 0 Å². The summed E-state index contributed by atoms with van der Waals surface area (Å²) in [6.07, 6.45) is 3.11. The van der Waals surface area contributed by atoms with Crippen LogP contribution >= 0.6 is 15.9 Å². The Kier molecular flexibility index (Phi) is 3.68. The van der Waals surface area contributed by atoms with Crippen molar-refractivity contribution in [2.45, 2.75) is 4.90 Å². The summed E-state index contributed by atoms with van der Waals surface area (Å²) >= 11 is 3.25. The number of hydrogen-bond acceptors (Lipinski definition) is 3. The maximum Gasteiger partial charge on any atom is 0.265 e. The average molecular weight is 327 g/mol. The van der Waals surface area contributed by atoms with Gasteiger partial charge in [-0.25, -0.2) is 8.42 Å². The summed E-state index contributed by atoms with van der Waals surface area (Å²) in [5, 5.41) is 0. The lowest BCUT2D eigenvalue weighted by molar-refractivity contribution is 0.594. The lowest BCUT2D eigenvalue weighted by Crippen LogP contribution is -2.26. The van der Waals surface area contributed by atoms with Crippen molar-refractivity contribution < 1.29 is 8.42 Å². The Morgan fingerprint density at radius 2 is 1.72 bits per heavy atom. The number of rotatable bonds is 3. The minimum absolute atomic E-state index is 0.240. The summed E-state index contributed by atoms with van der Waals surface area (Å²) in [5.41, 5.74) is 0.570. The summed E-state index contributed by atoms with van der Waals surface area (Å²) < 4.78 is 26.6. The molecule has 0 amide bonds. The smallest absolute Gasteiger partial charge is 0.265 e. The Morgan fingerprint density at radius 3 is 2.33 bits per heavy atom. The second-order valence-corrected chi connectivity index (χ2v) is 6.40. The Bertz CT molecular complexity index is 644. The Hall–Kier alpha value is -1.40. The van der Waals surface area contributed by atoms with Crippen molar-refractivity contribution in [2.75, 3.05) is 11.4 Å². The van der Waals surface area contributed by atoms with Crippen molar-refractivity contribution in [2.24, 2.45) is 0 Å². The van der Waals surface area contributed by atoms with E-state index in [4.69, 9.17) is 0 Å². The van der Waals surface area contributed by atoms with Gasteiger partial charge in [-0.3, -0.25) is 9.29 Å². The minimum Gasteiger partial charge on any atom is -0.269 e. The van der Waals surface area contributed by atoms with Crippen LogP contribution in [0.15, 0.2) is 58.2 Å². The molecule has 0 aliphatic rings. The van der Waals surface area contributed by atoms with E-state index in [2.05, 4.69) is 20.9 Å². The van der Waals surface area contributed by atoms with E-state index in [1.54, 1.807) is 48.8 Å². The Morgan fingerprint density at radius 1 is 1.11 bits per heavy atom. The van der Waals surface area contributed by atoms with Gasteiger partial charge in [0.2, 0.25) is 0 Å².